The lowest BCUT2D eigenvalue weighted by molar-refractivity contribution is 0.0611. The first-order chi connectivity index (χ1) is 10.6. The fraction of sp³-hybridized carbons (Fsp3) is 0.316. The number of hydrogen-bond donors (Lipinski definition) is 1. The number of carbonyl (C=O) groups is 1. The molecule has 2 aromatic carbocycles. The molecule has 3 rings (SSSR count). The van der Waals surface area contributed by atoms with E-state index in [1.54, 1.807) is 6.07 Å². The number of likely N-dealkylation sites (tertiary alicyclic amines) is 1. The largest absolute Gasteiger partial charge is 0.399 e. The monoisotopic (exact) mass is 330 g/mol. The number of halogens is 1. The predicted octanol–water partition coefficient (Wildman–Crippen LogP) is 4.37. The molecule has 0 radical (unpaired) electrons. The lowest BCUT2D eigenvalue weighted by Gasteiger charge is -2.36. The lowest BCUT2D eigenvalue weighted by atomic mass is 9.94. The Bertz CT molecular complexity index is 669. The quantitative estimate of drug-likeness (QED) is 0.831. The summed E-state index contributed by atoms with van der Waals surface area (Å²) >= 11 is 0. The van der Waals surface area contributed by atoms with Crippen molar-refractivity contribution in [3.8, 4) is 0 Å². The van der Waals surface area contributed by atoms with Gasteiger partial charge in [-0.25, -0.2) is 0 Å². The van der Waals surface area contributed by atoms with E-state index in [1.807, 2.05) is 23.1 Å². The summed E-state index contributed by atoms with van der Waals surface area (Å²) < 4.78 is 0. The van der Waals surface area contributed by atoms with E-state index in [1.165, 1.54) is 17.5 Å². The van der Waals surface area contributed by atoms with Crippen molar-refractivity contribution in [2.45, 2.75) is 32.2 Å². The number of nitrogens with two attached hydrogens (primary N) is 1. The molecule has 122 valence electrons. The zero-order chi connectivity index (χ0) is 15.5. The number of hydrogen-bond acceptors (Lipinski definition) is 2. The maximum atomic E-state index is 12.9. The molecule has 0 saturated carbocycles. The third kappa shape index (κ3) is 3.85. The number of carbonyl (C=O) groups excluding carboxylic acids is 1. The van der Waals surface area contributed by atoms with Gasteiger partial charge in [0.25, 0.3) is 5.91 Å². The molecular formula is C19H23ClN2O. The van der Waals surface area contributed by atoms with Crippen LogP contribution in [0.5, 0.6) is 0 Å². The number of nitrogen functional groups attached to an aromatic ring is 1. The predicted molar refractivity (Wildman–Crippen MR) is 96.9 cm³/mol. The van der Waals surface area contributed by atoms with Gasteiger partial charge in [0.1, 0.15) is 0 Å². The van der Waals surface area contributed by atoms with Crippen molar-refractivity contribution >= 4 is 24.0 Å². The standard InChI is InChI=1S/C19H22N2O.ClH/c1-14-8-10-15(11-9-14)18-7-2-3-12-21(18)19(22)16-5-4-6-17(20)13-16;/h4-6,8-11,13,18H,2-3,7,12,20H2,1H3;1H. The number of rotatable bonds is 2. The van der Waals surface area contributed by atoms with Gasteiger partial charge in [-0.3, -0.25) is 4.79 Å². The summed E-state index contributed by atoms with van der Waals surface area (Å²) in [6.45, 7) is 2.90. The van der Waals surface area contributed by atoms with Gasteiger partial charge in [0.15, 0.2) is 0 Å². The van der Waals surface area contributed by atoms with Crippen LogP contribution in [0.15, 0.2) is 48.5 Å². The molecular weight excluding hydrogens is 308 g/mol. The second-order valence-electron chi connectivity index (χ2n) is 6.05. The van der Waals surface area contributed by atoms with Gasteiger partial charge >= 0.3 is 0 Å². The van der Waals surface area contributed by atoms with Crippen LogP contribution in [0.3, 0.4) is 0 Å². The fourth-order valence-corrected chi connectivity index (χ4v) is 3.15. The Hall–Kier alpha value is -2.00. The SMILES string of the molecule is Cc1ccc(C2CCCCN2C(=O)c2cccc(N)c2)cc1.Cl. The van der Waals surface area contributed by atoms with Crippen LogP contribution in [0.4, 0.5) is 5.69 Å². The molecule has 23 heavy (non-hydrogen) atoms. The molecule has 1 amide bonds. The molecule has 1 atom stereocenters. The first-order valence-electron chi connectivity index (χ1n) is 7.88. The highest BCUT2D eigenvalue weighted by Crippen LogP contribution is 2.32. The van der Waals surface area contributed by atoms with Crippen LogP contribution >= 0.6 is 12.4 Å². The highest BCUT2D eigenvalue weighted by atomic mass is 35.5. The van der Waals surface area contributed by atoms with Crippen LogP contribution in [0, 0.1) is 6.92 Å². The van der Waals surface area contributed by atoms with Gasteiger partial charge in [-0.1, -0.05) is 35.9 Å². The van der Waals surface area contributed by atoms with Crippen LogP contribution in [-0.4, -0.2) is 17.4 Å². The van der Waals surface area contributed by atoms with Gasteiger partial charge in [0, 0.05) is 17.8 Å². The van der Waals surface area contributed by atoms with E-state index in [0.29, 0.717) is 11.3 Å². The number of anilines is 1. The summed E-state index contributed by atoms with van der Waals surface area (Å²) in [7, 11) is 0. The Morgan fingerprint density at radius 2 is 1.87 bits per heavy atom. The van der Waals surface area contributed by atoms with Gasteiger partial charge in [-0.2, -0.15) is 0 Å². The molecule has 2 N–H and O–H groups in total. The van der Waals surface area contributed by atoms with E-state index in [-0.39, 0.29) is 24.4 Å². The summed E-state index contributed by atoms with van der Waals surface area (Å²) in [6, 6.07) is 16.0. The van der Waals surface area contributed by atoms with Crippen molar-refractivity contribution in [2.75, 3.05) is 12.3 Å². The Labute approximate surface area is 143 Å². The van der Waals surface area contributed by atoms with Crippen molar-refractivity contribution < 1.29 is 4.79 Å². The summed E-state index contributed by atoms with van der Waals surface area (Å²) in [6.07, 6.45) is 3.26. The normalized spacial score (nSPS) is 17.4. The topological polar surface area (TPSA) is 46.3 Å². The van der Waals surface area contributed by atoms with Gasteiger partial charge < -0.3 is 10.6 Å². The minimum atomic E-state index is 0. The van der Waals surface area contributed by atoms with Crippen LogP contribution < -0.4 is 5.73 Å². The Morgan fingerprint density at radius 1 is 1.13 bits per heavy atom. The number of amides is 1. The Kier molecular flexibility index (Phi) is 5.67. The minimum absolute atomic E-state index is 0. The molecule has 0 spiro atoms. The van der Waals surface area contributed by atoms with Crippen molar-refractivity contribution in [1.82, 2.24) is 4.90 Å². The molecule has 1 aliphatic heterocycles. The molecule has 4 heteroatoms. The zero-order valence-electron chi connectivity index (χ0n) is 13.4. The molecule has 0 aromatic heterocycles. The second kappa shape index (κ2) is 7.51. The molecule has 3 nitrogen and oxygen atoms in total. The summed E-state index contributed by atoms with van der Waals surface area (Å²) in [5, 5.41) is 0. The number of aryl methyl sites for hydroxylation is 1. The summed E-state index contributed by atoms with van der Waals surface area (Å²) in [5.41, 5.74) is 9.60. The maximum Gasteiger partial charge on any atom is 0.254 e. The van der Waals surface area contributed by atoms with Gasteiger partial charge in [0.05, 0.1) is 6.04 Å². The third-order valence-corrected chi connectivity index (χ3v) is 4.36. The molecule has 1 unspecified atom stereocenters. The highest BCUT2D eigenvalue weighted by Gasteiger charge is 2.28. The van der Waals surface area contributed by atoms with E-state index in [0.717, 1.165) is 19.4 Å². The van der Waals surface area contributed by atoms with E-state index >= 15 is 0 Å². The maximum absolute atomic E-state index is 12.9. The molecule has 1 fully saturated rings. The minimum Gasteiger partial charge on any atom is -0.399 e. The second-order valence-corrected chi connectivity index (χ2v) is 6.05. The summed E-state index contributed by atoms with van der Waals surface area (Å²) in [4.78, 5) is 14.9. The Balaban J connectivity index is 0.00000192. The first kappa shape index (κ1) is 17.4. The van der Waals surface area contributed by atoms with E-state index in [2.05, 4.69) is 31.2 Å². The number of benzene rings is 2. The highest BCUT2D eigenvalue weighted by molar-refractivity contribution is 5.95. The van der Waals surface area contributed by atoms with Crippen molar-refractivity contribution in [3.05, 3.63) is 65.2 Å². The van der Waals surface area contributed by atoms with E-state index in [9.17, 15) is 4.79 Å². The van der Waals surface area contributed by atoms with E-state index in [4.69, 9.17) is 5.73 Å². The van der Waals surface area contributed by atoms with Crippen LogP contribution in [0.1, 0.15) is 46.8 Å². The molecule has 1 saturated heterocycles. The fourth-order valence-electron chi connectivity index (χ4n) is 3.15. The lowest BCUT2D eigenvalue weighted by Crippen LogP contribution is -2.38. The van der Waals surface area contributed by atoms with Crippen molar-refractivity contribution in [1.29, 1.82) is 0 Å². The smallest absolute Gasteiger partial charge is 0.254 e. The van der Waals surface area contributed by atoms with Gasteiger partial charge in [-0.15, -0.1) is 12.4 Å². The summed E-state index contributed by atoms with van der Waals surface area (Å²) in [5.74, 6) is 0.0811. The van der Waals surface area contributed by atoms with Gasteiger partial charge in [-0.05, 0) is 49.9 Å². The number of nitrogens with zero attached hydrogens (tertiary/aromatic N) is 1. The molecule has 0 bridgehead atoms. The van der Waals surface area contributed by atoms with Crippen LogP contribution in [0.25, 0.3) is 0 Å². The van der Waals surface area contributed by atoms with Gasteiger partial charge in [0.2, 0.25) is 0 Å². The Morgan fingerprint density at radius 3 is 2.57 bits per heavy atom. The molecule has 2 aromatic rings. The third-order valence-electron chi connectivity index (χ3n) is 4.36. The average Bonchev–Trinajstić information content (AvgIpc) is 2.55. The number of piperidine rings is 1. The molecule has 1 aliphatic rings. The van der Waals surface area contributed by atoms with Crippen molar-refractivity contribution in [2.24, 2.45) is 0 Å². The van der Waals surface area contributed by atoms with Crippen LogP contribution in [0.2, 0.25) is 0 Å². The van der Waals surface area contributed by atoms with Crippen molar-refractivity contribution in [3.63, 3.8) is 0 Å². The molecule has 0 aliphatic carbocycles. The molecule has 1 heterocycles. The first-order valence-corrected chi connectivity index (χ1v) is 7.88. The van der Waals surface area contributed by atoms with Crippen LogP contribution in [-0.2, 0) is 0 Å². The average molecular weight is 331 g/mol. The van der Waals surface area contributed by atoms with E-state index < -0.39 is 0 Å². The zero-order valence-corrected chi connectivity index (χ0v) is 14.2.